The van der Waals surface area contributed by atoms with E-state index in [9.17, 15) is 4.79 Å². The van der Waals surface area contributed by atoms with Crippen LogP contribution >= 0.6 is 0 Å². The van der Waals surface area contributed by atoms with Gasteiger partial charge < -0.3 is 13.0 Å². The summed E-state index contributed by atoms with van der Waals surface area (Å²) < 4.78 is 19.4. The van der Waals surface area contributed by atoms with Crippen LogP contribution in [0.4, 0.5) is 0 Å². The van der Waals surface area contributed by atoms with Crippen LogP contribution in [0.3, 0.4) is 0 Å². The number of ether oxygens (including phenoxy) is 1. The number of carbonyl (C=O) groups excluding carboxylic acids is 1. The molecule has 0 bridgehead atoms. The first-order valence-electron chi connectivity index (χ1n) is 14.6. The van der Waals surface area contributed by atoms with Gasteiger partial charge in [0.25, 0.3) is 0 Å². The lowest BCUT2D eigenvalue weighted by Crippen LogP contribution is -2.54. The Morgan fingerprint density at radius 1 is 0.889 bits per heavy atom. The maximum absolute atomic E-state index is 13.7. The Labute approximate surface area is 231 Å². The van der Waals surface area contributed by atoms with Crippen molar-refractivity contribution in [3.8, 4) is 0 Å². The van der Waals surface area contributed by atoms with Crippen molar-refractivity contribution < 1.29 is 17.8 Å². The van der Waals surface area contributed by atoms with Gasteiger partial charge >= 0.3 is 5.97 Å². The van der Waals surface area contributed by atoms with Crippen LogP contribution in [0.5, 0.6) is 0 Å². The Hall–Kier alpha value is 0.214. The average molecular weight is 591 g/mol. The van der Waals surface area contributed by atoms with E-state index in [1.807, 2.05) is 6.08 Å². The van der Waals surface area contributed by atoms with E-state index in [1.165, 1.54) is 38.5 Å². The van der Waals surface area contributed by atoms with Gasteiger partial charge in [-0.3, -0.25) is 4.79 Å². The molecule has 0 aromatic rings. The largest absolute Gasteiger partial charge is 0.465 e. The van der Waals surface area contributed by atoms with E-state index in [0.29, 0.717) is 6.61 Å². The van der Waals surface area contributed by atoms with E-state index in [4.69, 9.17) is 13.0 Å². The highest BCUT2D eigenvalue weighted by atomic mass is 28.5. The van der Waals surface area contributed by atoms with Crippen LogP contribution in [0.25, 0.3) is 0 Å². The molecule has 0 amide bonds. The first kappa shape index (κ1) is 36.2. The van der Waals surface area contributed by atoms with Crippen LogP contribution < -0.4 is 0 Å². The number of esters is 1. The van der Waals surface area contributed by atoms with E-state index >= 15 is 0 Å². The van der Waals surface area contributed by atoms with Gasteiger partial charge in [-0.1, -0.05) is 64.5 Å². The minimum Gasteiger partial charge on any atom is -0.465 e. The highest BCUT2D eigenvalue weighted by Gasteiger charge is 2.48. The van der Waals surface area contributed by atoms with Crippen molar-refractivity contribution in [1.29, 1.82) is 0 Å². The quantitative estimate of drug-likeness (QED) is 0.0579. The van der Waals surface area contributed by atoms with Crippen molar-refractivity contribution in [3.63, 3.8) is 0 Å². The Morgan fingerprint density at radius 3 is 1.94 bits per heavy atom. The average Bonchev–Trinajstić information content (AvgIpc) is 2.65. The monoisotopic (exact) mass is 590 g/mol. The molecule has 214 valence electrons. The van der Waals surface area contributed by atoms with Gasteiger partial charge in [0.15, 0.2) is 34.0 Å². The van der Waals surface area contributed by atoms with Crippen molar-refractivity contribution in [3.05, 3.63) is 12.7 Å². The normalized spacial score (nSPS) is 16.3. The zero-order valence-electron chi connectivity index (χ0n) is 26.1. The molecule has 36 heavy (non-hydrogen) atoms. The summed E-state index contributed by atoms with van der Waals surface area (Å²) in [7, 11) is -8.68. The van der Waals surface area contributed by atoms with Gasteiger partial charge in [0.1, 0.15) is 0 Å². The molecule has 4 nitrogen and oxygen atoms in total. The molecule has 0 rings (SSSR count). The number of hydrogen-bond acceptors (Lipinski definition) is 4. The summed E-state index contributed by atoms with van der Waals surface area (Å²) in [6.45, 7) is 29.9. The predicted molar refractivity (Wildman–Crippen MR) is 173 cm³/mol. The molecule has 3 unspecified atom stereocenters. The molecule has 0 fully saturated rings. The van der Waals surface area contributed by atoms with Crippen molar-refractivity contribution in [2.24, 2.45) is 0 Å². The van der Waals surface area contributed by atoms with Crippen molar-refractivity contribution in [1.82, 2.24) is 0 Å². The molecule has 0 aliphatic carbocycles. The lowest BCUT2D eigenvalue weighted by atomic mass is 10.1. The third-order valence-electron chi connectivity index (χ3n) is 6.51. The Kier molecular flexibility index (Phi) is 17.1. The number of rotatable bonds is 21. The molecule has 0 spiro atoms. The molecule has 3 atom stereocenters. The van der Waals surface area contributed by atoms with E-state index in [2.05, 4.69) is 79.0 Å². The SMILES string of the molecule is C=CCCOC(=O)C(CCCCCCCCC)[Si](C)(C[SiH](C)O[Si](C)(C)C)C[Si](C)(C)O[Si](C)(C)C. The molecule has 0 aliphatic heterocycles. The van der Waals surface area contributed by atoms with Gasteiger partial charge in [-0.2, -0.15) is 0 Å². The molecule has 9 heteroatoms. The fourth-order valence-corrected chi connectivity index (χ4v) is 37.9. The van der Waals surface area contributed by atoms with E-state index in [-0.39, 0.29) is 11.5 Å². The fourth-order valence-electron chi connectivity index (χ4n) is 5.88. The molecule has 0 heterocycles. The Bertz CT molecular complexity index is 631. The summed E-state index contributed by atoms with van der Waals surface area (Å²) in [4.78, 5) is 13.7. The topological polar surface area (TPSA) is 44.8 Å². The van der Waals surface area contributed by atoms with Gasteiger partial charge in [-0.25, -0.2) is 0 Å². The standard InChI is InChI=1S/C27H62O4Si5/c1-13-15-17-18-19-20-21-22-26(27(28)29-23-16-14-2)36(12,24-32(3)30-33(4,5)6)25-35(10,11)31-34(7,8)9/h14,26,32H,2,13,15-25H2,1,3-12H3. The summed E-state index contributed by atoms with van der Waals surface area (Å²) in [5, 5.41) is 0. The van der Waals surface area contributed by atoms with Crippen molar-refractivity contribution in [2.45, 2.75) is 147 Å². The molecule has 0 saturated heterocycles. The van der Waals surface area contributed by atoms with Crippen LogP contribution in [-0.2, 0) is 17.8 Å². The second-order valence-corrected chi connectivity index (χ2v) is 36.2. The van der Waals surface area contributed by atoms with Crippen LogP contribution in [0, 0.1) is 0 Å². The number of carbonyl (C=O) groups is 1. The van der Waals surface area contributed by atoms with Gasteiger partial charge in [0.05, 0.1) is 20.2 Å². The van der Waals surface area contributed by atoms with Gasteiger partial charge in [0.2, 0.25) is 0 Å². The zero-order chi connectivity index (χ0) is 28.0. The molecule has 0 radical (unpaired) electrons. The molecule has 0 aliphatic rings. The second-order valence-electron chi connectivity index (χ2n) is 13.8. The zero-order valence-corrected chi connectivity index (χ0v) is 31.2. The van der Waals surface area contributed by atoms with Gasteiger partial charge in [0, 0.05) is 0 Å². The third-order valence-corrected chi connectivity index (χ3v) is 30.5. The van der Waals surface area contributed by atoms with Crippen molar-refractivity contribution >= 4 is 48.0 Å². The highest BCUT2D eigenvalue weighted by Crippen LogP contribution is 2.40. The predicted octanol–water partition coefficient (Wildman–Crippen LogP) is 9.04. The van der Waals surface area contributed by atoms with Gasteiger partial charge in [-0.05, 0) is 83.1 Å². The smallest absolute Gasteiger partial charge is 0.306 e. The molecular weight excluding hydrogens is 529 g/mol. The van der Waals surface area contributed by atoms with Crippen LogP contribution in [0.15, 0.2) is 12.7 Å². The molecule has 0 N–H and O–H groups in total. The third kappa shape index (κ3) is 17.7. The minimum absolute atomic E-state index is 0.0372. The van der Waals surface area contributed by atoms with E-state index < -0.39 is 42.1 Å². The number of hydrogen-bond donors (Lipinski definition) is 0. The molecule has 0 aromatic carbocycles. The maximum atomic E-state index is 13.7. The summed E-state index contributed by atoms with van der Waals surface area (Å²) in [5.74, 6) is 0.0454. The van der Waals surface area contributed by atoms with E-state index in [0.717, 1.165) is 30.6 Å². The first-order chi connectivity index (χ1) is 16.4. The molecule has 0 saturated carbocycles. The van der Waals surface area contributed by atoms with Crippen molar-refractivity contribution in [2.75, 3.05) is 6.61 Å². The summed E-state index contributed by atoms with van der Waals surface area (Å²) >= 11 is 0. The molecular formula is C27H62O4Si5. The second kappa shape index (κ2) is 17.0. The van der Waals surface area contributed by atoms with Crippen LogP contribution in [0.1, 0.15) is 64.7 Å². The maximum Gasteiger partial charge on any atom is 0.306 e. The summed E-state index contributed by atoms with van der Waals surface area (Å²) in [5.41, 5.74) is 2.30. The van der Waals surface area contributed by atoms with Crippen LogP contribution in [0.2, 0.25) is 82.3 Å². The first-order valence-corrected chi connectivity index (χ1v) is 30.0. The lowest BCUT2D eigenvalue weighted by molar-refractivity contribution is -0.143. The van der Waals surface area contributed by atoms with Gasteiger partial charge in [-0.15, -0.1) is 6.58 Å². The highest BCUT2D eigenvalue weighted by molar-refractivity contribution is 7.01. The number of unbranched alkanes of at least 4 members (excludes halogenated alkanes) is 6. The minimum atomic E-state index is -2.06. The Morgan fingerprint density at radius 2 is 1.44 bits per heavy atom. The van der Waals surface area contributed by atoms with Crippen LogP contribution in [-0.4, -0.2) is 54.6 Å². The van der Waals surface area contributed by atoms with E-state index in [1.54, 1.807) is 0 Å². The fraction of sp³-hybridized carbons (Fsp3) is 0.889. The Balaban J connectivity index is 5.89. The lowest BCUT2D eigenvalue weighted by Gasteiger charge is -2.43. The summed E-state index contributed by atoms with van der Waals surface area (Å²) in [6, 6.07) is 0. The summed E-state index contributed by atoms with van der Waals surface area (Å²) in [6.07, 6.45) is 12.4. The molecule has 0 aromatic heterocycles.